The van der Waals surface area contributed by atoms with Gasteiger partial charge in [-0.05, 0) is 18.4 Å². The molecular formula is C6H6ClFN2O. The molecule has 0 amide bonds. The van der Waals surface area contributed by atoms with E-state index in [4.69, 9.17) is 16.8 Å². The largest absolute Gasteiger partial charge is 0.411 e. The average Bonchev–Trinajstić information content (AvgIpc) is 1.96. The fraction of sp³-hybridized carbons (Fsp3) is 0.167. The minimum atomic E-state index is -1.52. The summed E-state index contributed by atoms with van der Waals surface area (Å²) in [5, 5.41) is 13.3. The van der Waals surface area contributed by atoms with E-state index in [0.29, 0.717) is 0 Å². The van der Waals surface area contributed by atoms with E-state index in [-0.39, 0.29) is 0 Å². The van der Waals surface area contributed by atoms with E-state index in [9.17, 15) is 4.39 Å². The maximum absolute atomic E-state index is 12.8. The van der Waals surface area contributed by atoms with Crippen LogP contribution in [0, 0.1) is 0 Å². The first-order chi connectivity index (χ1) is 5.19. The van der Waals surface area contributed by atoms with Crippen molar-refractivity contribution in [3.8, 4) is 0 Å². The molecule has 0 fully saturated rings. The Kier molecular flexibility index (Phi) is 2.14. The third-order valence-corrected chi connectivity index (χ3v) is 1.60. The molecule has 0 aromatic carbocycles. The summed E-state index contributed by atoms with van der Waals surface area (Å²) >= 11 is 5.61. The average molecular weight is 177 g/mol. The van der Waals surface area contributed by atoms with E-state index in [0.717, 1.165) is 6.21 Å². The van der Waals surface area contributed by atoms with Crippen LogP contribution in [-0.4, -0.2) is 16.4 Å². The van der Waals surface area contributed by atoms with Crippen molar-refractivity contribution < 1.29 is 9.60 Å². The molecule has 5 heteroatoms. The highest BCUT2D eigenvalue weighted by Gasteiger charge is 2.31. The molecule has 1 unspecified atom stereocenters. The number of dihydropyridines is 1. The van der Waals surface area contributed by atoms with Crippen LogP contribution in [0.3, 0.4) is 0 Å². The predicted octanol–water partition coefficient (Wildman–Crippen LogP) is 1.35. The Bertz CT molecular complexity index is 239. The highest BCUT2D eigenvalue weighted by atomic mass is 35.5. The molecular weight excluding hydrogens is 171 g/mol. The van der Waals surface area contributed by atoms with Gasteiger partial charge in [0.05, 0.1) is 6.21 Å². The van der Waals surface area contributed by atoms with Gasteiger partial charge in [0.2, 0.25) is 5.00 Å². The zero-order valence-corrected chi connectivity index (χ0v) is 6.22. The summed E-state index contributed by atoms with van der Waals surface area (Å²) in [6.45, 7) is 0. The van der Waals surface area contributed by atoms with E-state index in [1.165, 1.54) is 18.4 Å². The maximum Gasteiger partial charge on any atom is 0.203 e. The zero-order valence-electron chi connectivity index (χ0n) is 5.46. The smallest absolute Gasteiger partial charge is 0.203 e. The van der Waals surface area contributed by atoms with Crippen molar-refractivity contribution in [2.75, 3.05) is 0 Å². The third-order valence-electron chi connectivity index (χ3n) is 1.22. The van der Waals surface area contributed by atoms with Crippen molar-refractivity contribution in [1.82, 2.24) is 5.32 Å². The number of allylic oxidation sites excluding steroid dienone is 2. The molecule has 2 N–H and O–H groups in total. The Morgan fingerprint density at radius 3 is 3.09 bits per heavy atom. The fourth-order valence-corrected chi connectivity index (χ4v) is 0.840. The van der Waals surface area contributed by atoms with Crippen molar-refractivity contribution in [3.63, 3.8) is 0 Å². The Labute approximate surface area is 67.8 Å². The van der Waals surface area contributed by atoms with E-state index >= 15 is 0 Å². The minimum Gasteiger partial charge on any atom is -0.411 e. The Balaban J connectivity index is 2.88. The molecule has 0 aromatic heterocycles. The molecule has 0 spiro atoms. The molecule has 60 valence electrons. The first-order valence-electron chi connectivity index (χ1n) is 2.87. The summed E-state index contributed by atoms with van der Waals surface area (Å²) in [6, 6.07) is 0. The van der Waals surface area contributed by atoms with Gasteiger partial charge in [0.25, 0.3) is 0 Å². The number of nitrogens with one attached hydrogen (secondary N) is 1. The van der Waals surface area contributed by atoms with Crippen LogP contribution in [0.4, 0.5) is 4.39 Å². The van der Waals surface area contributed by atoms with Gasteiger partial charge < -0.3 is 10.5 Å². The molecule has 0 radical (unpaired) electrons. The van der Waals surface area contributed by atoms with Crippen LogP contribution >= 0.6 is 11.6 Å². The lowest BCUT2D eigenvalue weighted by molar-refractivity contribution is 0.318. The molecule has 1 aliphatic heterocycles. The Morgan fingerprint density at radius 1 is 1.82 bits per heavy atom. The molecule has 0 aliphatic carbocycles. The lowest BCUT2D eigenvalue weighted by atomic mass is 10.2. The van der Waals surface area contributed by atoms with E-state index in [2.05, 4.69) is 10.5 Å². The van der Waals surface area contributed by atoms with Crippen LogP contribution in [0.5, 0.6) is 0 Å². The van der Waals surface area contributed by atoms with Crippen molar-refractivity contribution >= 4 is 17.8 Å². The van der Waals surface area contributed by atoms with E-state index in [1.807, 2.05) is 0 Å². The molecule has 1 heterocycles. The molecule has 11 heavy (non-hydrogen) atoms. The second-order valence-corrected chi connectivity index (χ2v) is 2.57. The lowest BCUT2D eigenvalue weighted by Crippen LogP contribution is -2.40. The number of alkyl halides is 1. The number of hydrogen-bond acceptors (Lipinski definition) is 3. The molecule has 1 aliphatic rings. The highest BCUT2D eigenvalue weighted by Crippen LogP contribution is 2.23. The van der Waals surface area contributed by atoms with Crippen LogP contribution in [0.15, 0.2) is 29.3 Å². The van der Waals surface area contributed by atoms with Gasteiger partial charge in [0.1, 0.15) is 5.83 Å². The van der Waals surface area contributed by atoms with Gasteiger partial charge in [-0.2, -0.15) is 0 Å². The van der Waals surface area contributed by atoms with Gasteiger partial charge in [0.15, 0.2) is 0 Å². The van der Waals surface area contributed by atoms with Crippen LogP contribution in [-0.2, 0) is 0 Å². The number of oxime groups is 1. The van der Waals surface area contributed by atoms with E-state index in [1.54, 1.807) is 0 Å². The second kappa shape index (κ2) is 2.92. The standard InChI is InChI=1S/C6H6ClFN2O/c7-6(4-10-11)5(8)2-1-3-9-6/h1-4,9,11H. The molecule has 3 nitrogen and oxygen atoms in total. The fourth-order valence-electron chi connectivity index (χ4n) is 0.671. The number of rotatable bonds is 1. The van der Waals surface area contributed by atoms with Crippen LogP contribution in [0.2, 0.25) is 0 Å². The van der Waals surface area contributed by atoms with E-state index < -0.39 is 10.8 Å². The molecule has 1 rings (SSSR count). The van der Waals surface area contributed by atoms with Crippen LogP contribution < -0.4 is 5.32 Å². The van der Waals surface area contributed by atoms with Gasteiger partial charge in [0, 0.05) is 0 Å². The van der Waals surface area contributed by atoms with Crippen molar-refractivity contribution in [2.24, 2.45) is 5.16 Å². The minimum absolute atomic E-state index is 0.612. The van der Waals surface area contributed by atoms with Crippen LogP contribution in [0.25, 0.3) is 0 Å². The molecule has 0 bridgehead atoms. The Hall–Kier alpha value is -1.03. The normalized spacial score (nSPS) is 30.2. The molecule has 1 atom stereocenters. The SMILES string of the molecule is ON=CC1(Cl)NC=CC=C1F. The van der Waals surface area contributed by atoms with Gasteiger partial charge in [-0.3, -0.25) is 0 Å². The summed E-state index contributed by atoms with van der Waals surface area (Å²) in [7, 11) is 0. The van der Waals surface area contributed by atoms with Crippen molar-refractivity contribution in [3.05, 3.63) is 24.2 Å². The van der Waals surface area contributed by atoms with Gasteiger partial charge >= 0.3 is 0 Å². The first-order valence-corrected chi connectivity index (χ1v) is 3.25. The van der Waals surface area contributed by atoms with Gasteiger partial charge in [-0.1, -0.05) is 16.8 Å². The number of halogens is 2. The molecule has 0 saturated heterocycles. The highest BCUT2D eigenvalue weighted by molar-refractivity contribution is 6.34. The lowest BCUT2D eigenvalue weighted by Gasteiger charge is -2.22. The topological polar surface area (TPSA) is 44.6 Å². The number of nitrogens with zero attached hydrogens (tertiary/aromatic N) is 1. The third kappa shape index (κ3) is 1.51. The summed E-state index contributed by atoms with van der Waals surface area (Å²) in [6.07, 6.45) is 4.97. The van der Waals surface area contributed by atoms with Crippen molar-refractivity contribution in [2.45, 2.75) is 5.00 Å². The summed E-state index contributed by atoms with van der Waals surface area (Å²) in [5.74, 6) is -0.612. The summed E-state index contributed by atoms with van der Waals surface area (Å²) < 4.78 is 12.8. The predicted molar refractivity (Wildman–Crippen MR) is 40.3 cm³/mol. The maximum atomic E-state index is 12.8. The van der Waals surface area contributed by atoms with Crippen LogP contribution in [0.1, 0.15) is 0 Å². The van der Waals surface area contributed by atoms with Crippen molar-refractivity contribution in [1.29, 1.82) is 0 Å². The number of hydrogen-bond donors (Lipinski definition) is 2. The molecule has 0 saturated carbocycles. The summed E-state index contributed by atoms with van der Waals surface area (Å²) in [4.78, 5) is -1.52. The monoisotopic (exact) mass is 176 g/mol. The molecule has 0 aromatic rings. The second-order valence-electron chi connectivity index (χ2n) is 1.97. The van der Waals surface area contributed by atoms with Gasteiger partial charge in [-0.25, -0.2) is 4.39 Å². The zero-order chi connectivity index (χ0) is 8.32. The quantitative estimate of drug-likeness (QED) is 0.208. The summed E-state index contributed by atoms with van der Waals surface area (Å²) in [5.41, 5.74) is 0. The Morgan fingerprint density at radius 2 is 2.55 bits per heavy atom. The first kappa shape index (κ1) is 8.07. The van der Waals surface area contributed by atoms with Gasteiger partial charge in [-0.15, -0.1) is 0 Å².